The first-order valence-electron chi connectivity index (χ1n) is 8.21. The molecule has 1 atom stereocenters. The van der Waals surface area contributed by atoms with Crippen LogP contribution in [0.2, 0.25) is 5.02 Å². The molecule has 0 aliphatic carbocycles. The van der Waals surface area contributed by atoms with Crippen molar-refractivity contribution in [1.82, 2.24) is 14.9 Å². The van der Waals surface area contributed by atoms with E-state index in [2.05, 4.69) is 15.3 Å². The maximum absolute atomic E-state index is 12.7. The van der Waals surface area contributed by atoms with Gasteiger partial charge in [0.05, 0.1) is 24.1 Å². The molecular formula is C18H21ClN4O. The number of aromatic nitrogens is 2. The molecule has 24 heavy (non-hydrogen) atoms. The zero-order valence-electron chi connectivity index (χ0n) is 13.7. The quantitative estimate of drug-likeness (QED) is 0.902. The molecule has 1 fully saturated rings. The van der Waals surface area contributed by atoms with E-state index in [1.807, 2.05) is 36.2 Å². The minimum Gasteiger partial charge on any atom is -0.372 e. The van der Waals surface area contributed by atoms with E-state index in [-0.39, 0.29) is 11.9 Å². The molecule has 1 N–H and O–H groups in total. The molecule has 0 spiro atoms. The number of hydrogen-bond donors (Lipinski definition) is 1. The van der Waals surface area contributed by atoms with Crippen molar-refractivity contribution < 1.29 is 4.79 Å². The second kappa shape index (κ2) is 7.62. The first-order chi connectivity index (χ1) is 11.7. The van der Waals surface area contributed by atoms with Gasteiger partial charge in [-0.3, -0.25) is 9.78 Å². The van der Waals surface area contributed by atoms with Gasteiger partial charge in [-0.1, -0.05) is 23.7 Å². The van der Waals surface area contributed by atoms with Gasteiger partial charge in [-0.2, -0.15) is 0 Å². The normalized spacial score (nSPS) is 17.1. The predicted molar refractivity (Wildman–Crippen MR) is 95.0 cm³/mol. The van der Waals surface area contributed by atoms with Crippen LogP contribution in [0.1, 0.15) is 36.6 Å². The monoisotopic (exact) mass is 344 g/mol. The van der Waals surface area contributed by atoms with Crippen LogP contribution < -0.4 is 5.32 Å². The van der Waals surface area contributed by atoms with Crippen LogP contribution >= 0.6 is 11.6 Å². The molecule has 3 rings (SSSR count). The molecule has 2 aromatic rings. The zero-order chi connectivity index (χ0) is 16.9. The molecule has 1 saturated heterocycles. The van der Waals surface area contributed by atoms with Crippen LogP contribution in [0.4, 0.5) is 5.82 Å². The molecule has 0 saturated carbocycles. The highest BCUT2D eigenvalue weighted by Crippen LogP contribution is 2.31. The van der Waals surface area contributed by atoms with Crippen molar-refractivity contribution in [2.45, 2.75) is 31.7 Å². The van der Waals surface area contributed by atoms with Crippen LogP contribution in [-0.4, -0.2) is 34.4 Å². The molecule has 1 aromatic heterocycles. The summed E-state index contributed by atoms with van der Waals surface area (Å²) in [5.41, 5.74) is 1.99. The Bertz CT molecular complexity index is 704. The van der Waals surface area contributed by atoms with Crippen molar-refractivity contribution >= 4 is 23.3 Å². The number of benzene rings is 1. The number of carbonyl (C=O) groups excluding carboxylic acids is 1. The summed E-state index contributed by atoms with van der Waals surface area (Å²) in [6.07, 6.45) is 6.61. The molecule has 6 heteroatoms. The molecular weight excluding hydrogens is 324 g/mol. The van der Waals surface area contributed by atoms with E-state index in [1.165, 1.54) is 0 Å². The topological polar surface area (TPSA) is 58.1 Å². The van der Waals surface area contributed by atoms with Gasteiger partial charge in [0.25, 0.3) is 0 Å². The third-order valence-electron chi connectivity index (χ3n) is 4.36. The lowest BCUT2D eigenvalue weighted by molar-refractivity contribution is -0.132. The number of anilines is 1. The Balaban J connectivity index is 1.65. The summed E-state index contributed by atoms with van der Waals surface area (Å²) < 4.78 is 0. The standard InChI is InChI=1S/C18H21ClN4O/c1-20-17-12-21-11-15(22-17)16-3-2-10-23(16)18(24)9-6-13-4-7-14(19)8-5-13/h4-5,7-8,11-12,16H,2-3,6,9-10H2,1H3,(H,20,22). The molecule has 0 bridgehead atoms. The van der Waals surface area contributed by atoms with E-state index in [0.29, 0.717) is 11.4 Å². The minimum atomic E-state index is 0.0310. The fraction of sp³-hybridized carbons (Fsp3) is 0.389. The fourth-order valence-corrected chi connectivity index (χ4v) is 3.21. The Morgan fingerprint density at radius 3 is 2.88 bits per heavy atom. The Labute approximate surface area is 147 Å². The van der Waals surface area contributed by atoms with Crippen LogP contribution in [0.15, 0.2) is 36.7 Å². The lowest BCUT2D eigenvalue weighted by Crippen LogP contribution is -2.31. The summed E-state index contributed by atoms with van der Waals surface area (Å²) >= 11 is 5.90. The third kappa shape index (κ3) is 3.85. The van der Waals surface area contributed by atoms with Gasteiger partial charge in [0.1, 0.15) is 5.82 Å². The Morgan fingerprint density at radius 1 is 1.33 bits per heavy atom. The molecule has 1 aliphatic rings. The summed E-state index contributed by atoms with van der Waals surface area (Å²) in [5, 5.41) is 3.71. The van der Waals surface area contributed by atoms with Crippen molar-refractivity contribution in [2.24, 2.45) is 0 Å². The number of nitrogens with one attached hydrogen (secondary N) is 1. The average molecular weight is 345 g/mol. The van der Waals surface area contributed by atoms with Crippen LogP contribution in [0.3, 0.4) is 0 Å². The molecule has 1 aromatic carbocycles. The van der Waals surface area contributed by atoms with Crippen LogP contribution in [0.25, 0.3) is 0 Å². The molecule has 5 nitrogen and oxygen atoms in total. The minimum absolute atomic E-state index is 0.0310. The van der Waals surface area contributed by atoms with Crippen LogP contribution in [0, 0.1) is 0 Å². The van der Waals surface area contributed by atoms with E-state index >= 15 is 0 Å². The van der Waals surface area contributed by atoms with Gasteiger partial charge in [0.2, 0.25) is 5.91 Å². The highest BCUT2D eigenvalue weighted by molar-refractivity contribution is 6.30. The smallest absolute Gasteiger partial charge is 0.223 e. The third-order valence-corrected chi connectivity index (χ3v) is 4.62. The molecule has 1 unspecified atom stereocenters. The summed E-state index contributed by atoms with van der Waals surface area (Å²) in [6.45, 7) is 0.787. The fourth-order valence-electron chi connectivity index (χ4n) is 3.08. The molecule has 1 aliphatic heterocycles. The number of amides is 1. The zero-order valence-corrected chi connectivity index (χ0v) is 14.5. The van der Waals surface area contributed by atoms with Crippen molar-refractivity contribution in [3.05, 3.63) is 52.9 Å². The van der Waals surface area contributed by atoms with Crippen molar-refractivity contribution in [2.75, 3.05) is 18.9 Å². The molecule has 0 radical (unpaired) electrons. The predicted octanol–water partition coefficient (Wildman–Crippen LogP) is 3.47. The van der Waals surface area contributed by atoms with Gasteiger partial charge in [-0.15, -0.1) is 0 Å². The van der Waals surface area contributed by atoms with Crippen molar-refractivity contribution in [1.29, 1.82) is 0 Å². The number of likely N-dealkylation sites (tertiary alicyclic amines) is 1. The Kier molecular flexibility index (Phi) is 5.30. The van der Waals surface area contributed by atoms with E-state index in [9.17, 15) is 4.79 Å². The number of hydrogen-bond acceptors (Lipinski definition) is 4. The molecule has 126 valence electrons. The van der Waals surface area contributed by atoms with Crippen molar-refractivity contribution in [3.63, 3.8) is 0 Å². The summed E-state index contributed by atoms with van der Waals surface area (Å²) in [7, 11) is 1.82. The number of carbonyl (C=O) groups is 1. The van der Waals surface area contributed by atoms with E-state index in [4.69, 9.17) is 11.6 Å². The van der Waals surface area contributed by atoms with Gasteiger partial charge in [-0.05, 0) is 37.0 Å². The lowest BCUT2D eigenvalue weighted by atomic mass is 10.1. The van der Waals surface area contributed by atoms with Gasteiger partial charge in [-0.25, -0.2) is 4.98 Å². The summed E-state index contributed by atoms with van der Waals surface area (Å²) in [6, 6.07) is 7.69. The van der Waals surface area contributed by atoms with Gasteiger partial charge < -0.3 is 10.2 Å². The Morgan fingerprint density at radius 2 is 2.12 bits per heavy atom. The number of aryl methyl sites for hydroxylation is 1. The number of nitrogens with zero attached hydrogens (tertiary/aromatic N) is 3. The van der Waals surface area contributed by atoms with Crippen LogP contribution in [0.5, 0.6) is 0 Å². The largest absolute Gasteiger partial charge is 0.372 e. The average Bonchev–Trinajstić information content (AvgIpc) is 3.11. The Hall–Kier alpha value is -2.14. The summed E-state index contributed by atoms with van der Waals surface area (Å²) in [5.74, 6) is 0.900. The first-order valence-corrected chi connectivity index (χ1v) is 8.59. The maximum atomic E-state index is 12.7. The van der Waals surface area contributed by atoms with E-state index in [0.717, 1.165) is 42.9 Å². The SMILES string of the molecule is CNc1cncc(C2CCCN2C(=O)CCc2ccc(Cl)cc2)n1. The second-order valence-electron chi connectivity index (χ2n) is 5.95. The number of rotatable bonds is 5. The van der Waals surface area contributed by atoms with Crippen LogP contribution in [-0.2, 0) is 11.2 Å². The second-order valence-corrected chi connectivity index (χ2v) is 6.39. The lowest BCUT2D eigenvalue weighted by Gasteiger charge is -2.24. The van der Waals surface area contributed by atoms with Gasteiger partial charge in [0.15, 0.2) is 0 Å². The summed E-state index contributed by atoms with van der Waals surface area (Å²) in [4.78, 5) is 23.4. The van der Waals surface area contributed by atoms with Crippen molar-refractivity contribution in [3.8, 4) is 0 Å². The molecule has 2 heterocycles. The molecule has 1 amide bonds. The van der Waals surface area contributed by atoms with Gasteiger partial charge in [0, 0.05) is 25.0 Å². The van der Waals surface area contributed by atoms with E-state index < -0.39 is 0 Å². The highest BCUT2D eigenvalue weighted by Gasteiger charge is 2.30. The van der Waals surface area contributed by atoms with Gasteiger partial charge >= 0.3 is 0 Å². The maximum Gasteiger partial charge on any atom is 0.223 e. The van der Waals surface area contributed by atoms with E-state index in [1.54, 1.807) is 12.4 Å². The number of halogens is 1. The first kappa shape index (κ1) is 16.7. The highest BCUT2D eigenvalue weighted by atomic mass is 35.5.